The van der Waals surface area contributed by atoms with Crippen LogP contribution in [-0.2, 0) is 11.3 Å². The van der Waals surface area contributed by atoms with Gasteiger partial charge < -0.3 is 24.8 Å². The number of hydrogen-bond acceptors (Lipinski definition) is 8. The molecule has 3 aliphatic rings. The normalized spacial score (nSPS) is 22.5. The summed E-state index contributed by atoms with van der Waals surface area (Å²) in [6, 6.07) is 0.964. The van der Waals surface area contributed by atoms with Crippen molar-refractivity contribution in [2.24, 2.45) is 11.8 Å². The molecule has 2 heterocycles. The van der Waals surface area contributed by atoms with Crippen molar-refractivity contribution in [3.63, 3.8) is 0 Å². The van der Waals surface area contributed by atoms with Crippen molar-refractivity contribution >= 4 is 52.8 Å². The van der Waals surface area contributed by atoms with Crippen molar-refractivity contribution < 1.29 is 23.8 Å². The highest BCUT2D eigenvalue weighted by Gasteiger charge is 2.38. The maximum Gasteiger partial charge on any atom is 0.407 e. The molecule has 0 spiro atoms. The Morgan fingerprint density at radius 3 is 2.27 bits per heavy atom. The largest absolute Gasteiger partial charge is 0.495 e. The monoisotopic (exact) mass is 648 g/mol. The molecule has 240 valence electrons. The molecule has 0 radical (unpaired) electrons. The molecule has 1 aliphatic heterocycles. The molecule has 5 rings (SSSR count). The second-order valence-electron chi connectivity index (χ2n) is 12.8. The van der Waals surface area contributed by atoms with Crippen LogP contribution in [0.25, 0.3) is 0 Å². The molecule has 2 N–H and O–H groups in total. The van der Waals surface area contributed by atoms with Crippen molar-refractivity contribution in [3.05, 3.63) is 27.9 Å². The molecule has 2 aliphatic carbocycles. The quantitative estimate of drug-likeness (QED) is 0.328. The Balaban J connectivity index is 1.39. The fourth-order valence-corrected chi connectivity index (χ4v) is 7.39. The molecule has 1 aromatic carbocycles. The van der Waals surface area contributed by atoms with Crippen LogP contribution in [0.2, 0.25) is 10.0 Å². The molecule has 3 amide bonds. The summed E-state index contributed by atoms with van der Waals surface area (Å²) in [6.07, 6.45) is 9.13. The summed E-state index contributed by atoms with van der Waals surface area (Å²) in [4.78, 5) is 38.7. The topological polar surface area (TPSA) is 118 Å². The van der Waals surface area contributed by atoms with E-state index in [-0.39, 0.29) is 40.4 Å². The molecular weight excluding hydrogens is 607 g/mol. The van der Waals surface area contributed by atoms with Gasteiger partial charge in [-0.05, 0) is 51.9 Å². The van der Waals surface area contributed by atoms with E-state index in [2.05, 4.69) is 15.6 Å². The van der Waals surface area contributed by atoms with Gasteiger partial charge >= 0.3 is 12.1 Å². The zero-order valence-electron chi connectivity index (χ0n) is 26.2. The van der Waals surface area contributed by atoms with Gasteiger partial charge in [-0.2, -0.15) is 4.98 Å². The highest BCUT2D eigenvalue weighted by molar-refractivity contribution is 6.42. The average molecular weight is 650 g/mol. The smallest absolute Gasteiger partial charge is 0.407 e. The predicted molar refractivity (Wildman–Crippen MR) is 171 cm³/mol. The van der Waals surface area contributed by atoms with Gasteiger partial charge in [-0.1, -0.05) is 48.9 Å². The number of ether oxygens (including phenoxy) is 3. The van der Waals surface area contributed by atoms with E-state index in [0.29, 0.717) is 40.7 Å². The van der Waals surface area contributed by atoms with E-state index in [1.54, 1.807) is 19.3 Å². The number of nitrogens with zero attached hydrogens (tertiary/aromatic N) is 4. The number of halogens is 2. The maximum absolute atomic E-state index is 13.7. The third-order valence-corrected chi connectivity index (χ3v) is 9.53. The SMILES string of the molecule is COc1cc(OC)c(Cl)c(N2Cc3cnc(N[C@@H]4CC(C5CCCC5)CC[C@@H]4NC(=O)OC(C)(C)C)nc3N(C)C2=O)c1Cl. The first-order chi connectivity index (χ1) is 20.9. The summed E-state index contributed by atoms with van der Waals surface area (Å²) in [5, 5.41) is 6.99. The Kier molecular flexibility index (Phi) is 9.55. The fraction of sp³-hybridized carbons (Fsp3) is 0.613. The molecule has 2 saturated carbocycles. The number of nitrogens with one attached hydrogen (secondary N) is 2. The first-order valence-corrected chi connectivity index (χ1v) is 15.9. The van der Waals surface area contributed by atoms with Crippen LogP contribution in [0, 0.1) is 11.8 Å². The number of urea groups is 1. The van der Waals surface area contributed by atoms with Gasteiger partial charge in [0.05, 0.1) is 32.5 Å². The van der Waals surface area contributed by atoms with E-state index in [1.165, 1.54) is 49.7 Å². The molecule has 2 fully saturated rings. The summed E-state index contributed by atoms with van der Waals surface area (Å²) in [5.41, 5.74) is 0.401. The molecule has 3 atom stereocenters. The predicted octanol–water partition coefficient (Wildman–Crippen LogP) is 7.04. The number of methoxy groups -OCH3 is 2. The molecule has 0 bridgehead atoms. The highest BCUT2D eigenvalue weighted by Crippen LogP contribution is 2.48. The Hall–Kier alpha value is -3.18. The Morgan fingerprint density at radius 2 is 1.66 bits per heavy atom. The minimum Gasteiger partial charge on any atom is -0.495 e. The maximum atomic E-state index is 13.7. The molecule has 1 unspecified atom stereocenters. The van der Waals surface area contributed by atoms with E-state index in [0.717, 1.165) is 19.3 Å². The summed E-state index contributed by atoms with van der Waals surface area (Å²) < 4.78 is 16.4. The number of anilines is 3. The van der Waals surface area contributed by atoms with E-state index in [9.17, 15) is 9.59 Å². The Bertz CT molecular complexity index is 1370. The number of rotatable bonds is 7. The number of amides is 3. The van der Waals surface area contributed by atoms with Crippen molar-refractivity contribution in [1.82, 2.24) is 15.3 Å². The van der Waals surface area contributed by atoms with Gasteiger partial charge in [-0.15, -0.1) is 0 Å². The molecular formula is C31H42Cl2N6O5. The summed E-state index contributed by atoms with van der Waals surface area (Å²) >= 11 is 13.3. The molecule has 11 nitrogen and oxygen atoms in total. The van der Waals surface area contributed by atoms with E-state index in [4.69, 9.17) is 42.4 Å². The van der Waals surface area contributed by atoms with Crippen LogP contribution in [0.1, 0.15) is 71.3 Å². The number of alkyl carbamates (subject to hydrolysis) is 1. The lowest BCUT2D eigenvalue weighted by atomic mass is 9.75. The summed E-state index contributed by atoms with van der Waals surface area (Å²) in [5.74, 6) is 2.80. The molecule has 2 aromatic rings. The fourth-order valence-electron chi connectivity index (χ4n) is 6.68. The van der Waals surface area contributed by atoms with Crippen molar-refractivity contribution in [3.8, 4) is 11.5 Å². The van der Waals surface area contributed by atoms with Gasteiger partial charge in [0.1, 0.15) is 33.0 Å². The number of fused-ring (bicyclic) bond motifs is 1. The third kappa shape index (κ3) is 6.73. The van der Waals surface area contributed by atoms with Gasteiger partial charge in [0.15, 0.2) is 0 Å². The van der Waals surface area contributed by atoms with E-state index in [1.807, 2.05) is 20.8 Å². The Labute approximate surface area is 268 Å². The molecule has 1 aromatic heterocycles. The van der Waals surface area contributed by atoms with E-state index < -0.39 is 11.7 Å². The number of aromatic nitrogens is 2. The summed E-state index contributed by atoms with van der Waals surface area (Å²) in [7, 11) is 4.61. The van der Waals surface area contributed by atoms with Crippen molar-refractivity contribution in [1.29, 1.82) is 0 Å². The number of carbonyl (C=O) groups excluding carboxylic acids is 2. The van der Waals surface area contributed by atoms with Crippen LogP contribution in [0.4, 0.5) is 27.0 Å². The first kappa shape index (κ1) is 32.2. The zero-order valence-corrected chi connectivity index (χ0v) is 27.7. The second kappa shape index (κ2) is 13.0. The molecule has 0 saturated heterocycles. The highest BCUT2D eigenvalue weighted by atomic mass is 35.5. The standard InChI is InChI=1S/C31H42Cl2N6O5/c1-31(2,3)44-29(40)36-20-12-11-18(17-9-7-8-10-17)13-21(20)35-28-34-15-19-16-39(30(41)38(4)27(19)37-28)26-24(32)22(42-5)14-23(43-6)25(26)33/h14-15,17-18,20-21H,7-13,16H2,1-6H3,(H,36,40)(H,34,35,37)/t18?,20-,21+/m0/s1. The molecule has 44 heavy (non-hydrogen) atoms. The van der Waals surface area contributed by atoms with Gasteiger partial charge in [0, 0.05) is 30.9 Å². The average Bonchev–Trinajstić information content (AvgIpc) is 3.51. The number of hydrogen-bond donors (Lipinski definition) is 2. The minimum atomic E-state index is -0.592. The minimum absolute atomic E-state index is 0.0946. The lowest BCUT2D eigenvalue weighted by Crippen LogP contribution is -2.52. The van der Waals surface area contributed by atoms with E-state index >= 15 is 0 Å². The van der Waals surface area contributed by atoms with Gasteiger partial charge in [-0.25, -0.2) is 14.6 Å². The van der Waals surface area contributed by atoms with Crippen LogP contribution >= 0.6 is 23.2 Å². The van der Waals surface area contributed by atoms with Crippen LogP contribution in [-0.4, -0.2) is 61.0 Å². The van der Waals surface area contributed by atoms with Crippen LogP contribution in [0.15, 0.2) is 12.3 Å². The van der Waals surface area contributed by atoms with Gasteiger partial charge in [0.25, 0.3) is 0 Å². The lowest BCUT2D eigenvalue weighted by molar-refractivity contribution is 0.0475. The summed E-state index contributed by atoms with van der Waals surface area (Å²) in [6.45, 7) is 5.70. The zero-order chi connectivity index (χ0) is 31.8. The number of benzene rings is 1. The Morgan fingerprint density at radius 1 is 1.00 bits per heavy atom. The van der Waals surface area contributed by atoms with Crippen molar-refractivity contribution in [2.45, 2.75) is 89.9 Å². The first-order valence-electron chi connectivity index (χ1n) is 15.2. The van der Waals surface area contributed by atoms with Crippen LogP contribution < -0.4 is 29.9 Å². The van der Waals surface area contributed by atoms with Gasteiger partial charge in [-0.3, -0.25) is 9.80 Å². The molecule has 13 heteroatoms. The van der Waals surface area contributed by atoms with Crippen LogP contribution in [0.5, 0.6) is 11.5 Å². The number of carbonyl (C=O) groups is 2. The van der Waals surface area contributed by atoms with Crippen LogP contribution in [0.3, 0.4) is 0 Å². The lowest BCUT2D eigenvalue weighted by Gasteiger charge is -2.39. The second-order valence-corrected chi connectivity index (χ2v) is 13.6. The van der Waals surface area contributed by atoms with Gasteiger partial charge in [0.2, 0.25) is 5.95 Å². The van der Waals surface area contributed by atoms with Crippen molar-refractivity contribution in [2.75, 3.05) is 36.4 Å². The third-order valence-electron chi connectivity index (χ3n) is 8.80.